The molecule has 0 aliphatic rings. The van der Waals surface area contributed by atoms with Crippen molar-refractivity contribution in [3.05, 3.63) is 24.0 Å². The average Bonchev–Trinajstić information content (AvgIpc) is 2.38. The molecule has 1 heterocycles. The van der Waals surface area contributed by atoms with E-state index >= 15 is 0 Å². The Hall–Kier alpha value is -2.64. The number of amides is 3. The number of pyridine rings is 1. The second-order valence-corrected chi connectivity index (χ2v) is 4.59. The predicted octanol–water partition coefficient (Wildman–Crippen LogP) is 0.816. The summed E-state index contributed by atoms with van der Waals surface area (Å²) in [5, 5.41) is 16.4. The van der Waals surface area contributed by atoms with Crippen molar-refractivity contribution in [3.8, 4) is 0 Å². The van der Waals surface area contributed by atoms with Gasteiger partial charge >= 0.3 is 12.0 Å². The van der Waals surface area contributed by atoms with Gasteiger partial charge in [0.15, 0.2) is 0 Å². The Bertz CT molecular complexity index is 513. The number of hydrogen-bond acceptors (Lipinski definition) is 4. The first-order valence-electron chi connectivity index (χ1n) is 6.42. The van der Waals surface area contributed by atoms with Crippen molar-refractivity contribution >= 4 is 23.6 Å². The van der Waals surface area contributed by atoms with Gasteiger partial charge in [-0.05, 0) is 26.0 Å². The second-order valence-electron chi connectivity index (χ2n) is 4.59. The van der Waals surface area contributed by atoms with E-state index in [0.717, 1.165) is 0 Å². The number of carboxylic acids is 1. The van der Waals surface area contributed by atoms with Crippen molar-refractivity contribution in [3.63, 3.8) is 0 Å². The monoisotopic (exact) mass is 294 g/mol. The number of nitrogens with one attached hydrogen (secondary N) is 3. The van der Waals surface area contributed by atoms with Crippen LogP contribution >= 0.6 is 0 Å². The molecule has 0 saturated heterocycles. The number of nitrogens with zero attached hydrogens (tertiary/aromatic N) is 1. The normalized spacial score (nSPS) is 10.0. The van der Waals surface area contributed by atoms with Crippen LogP contribution in [0.25, 0.3) is 0 Å². The third-order valence-electron chi connectivity index (χ3n) is 2.33. The minimum absolute atomic E-state index is 0.0603. The number of carbonyl (C=O) groups is 3. The van der Waals surface area contributed by atoms with Crippen LogP contribution in [0.3, 0.4) is 0 Å². The molecule has 4 N–H and O–H groups in total. The van der Waals surface area contributed by atoms with E-state index in [4.69, 9.17) is 5.11 Å². The molecule has 0 bridgehead atoms. The van der Waals surface area contributed by atoms with Crippen molar-refractivity contribution in [2.45, 2.75) is 26.3 Å². The standard InChI is InChI=1S/C13H18N4O4/c1-8(2)16-11(18)5-6-14-13(21)17-9-3-4-10(12(19)20)15-7-9/h3-4,7-8H,5-6H2,1-2H3,(H,16,18)(H,19,20)(H2,14,17,21). The third kappa shape index (κ3) is 6.37. The van der Waals surface area contributed by atoms with Gasteiger partial charge in [-0.3, -0.25) is 4.79 Å². The fraction of sp³-hybridized carbons (Fsp3) is 0.385. The molecule has 0 unspecified atom stereocenters. The lowest BCUT2D eigenvalue weighted by molar-refractivity contribution is -0.121. The largest absolute Gasteiger partial charge is 0.477 e. The van der Waals surface area contributed by atoms with Gasteiger partial charge in [0.25, 0.3) is 0 Å². The van der Waals surface area contributed by atoms with Crippen LogP contribution in [0.1, 0.15) is 30.8 Å². The molecule has 0 spiro atoms. The van der Waals surface area contributed by atoms with Crippen LogP contribution in [0.15, 0.2) is 18.3 Å². The lowest BCUT2D eigenvalue weighted by Crippen LogP contribution is -2.35. The summed E-state index contributed by atoms with van der Waals surface area (Å²) in [7, 11) is 0. The van der Waals surface area contributed by atoms with Crippen LogP contribution in [-0.4, -0.2) is 40.6 Å². The number of carboxylic acid groups (broad SMARTS) is 1. The molecule has 0 aromatic carbocycles. The highest BCUT2D eigenvalue weighted by atomic mass is 16.4. The summed E-state index contributed by atoms with van der Waals surface area (Å²) in [5.74, 6) is -1.28. The van der Waals surface area contributed by atoms with E-state index in [2.05, 4.69) is 20.9 Å². The van der Waals surface area contributed by atoms with Crippen LogP contribution < -0.4 is 16.0 Å². The summed E-state index contributed by atoms with van der Waals surface area (Å²) in [5.41, 5.74) is 0.260. The van der Waals surface area contributed by atoms with E-state index < -0.39 is 12.0 Å². The fourth-order valence-corrected chi connectivity index (χ4v) is 1.45. The van der Waals surface area contributed by atoms with Gasteiger partial charge in [0.05, 0.1) is 11.9 Å². The van der Waals surface area contributed by atoms with Gasteiger partial charge in [0, 0.05) is 19.0 Å². The number of anilines is 1. The minimum atomic E-state index is -1.14. The Morgan fingerprint density at radius 2 is 2.00 bits per heavy atom. The highest BCUT2D eigenvalue weighted by Crippen LogP contribution is 2.05. The highest BCUT2D eigenvalue weighted by molar-refractivity contribution is 5.90. The van der Waals surface area contributed by atoms with E-state index in [1.165, 1.54) is 18.3 Å². The quantitative estimate of drug-likeness (QED) is 0.619. The Balaban J connectivity index is 2.33. The zero-order valence-corrected chi connectivity index (χ0v) is 11.8. The van der Waals surface area contributed by atoms with E-state index in [0.29, 0.717) is 5.69 Å². The molecular weight excluding hydrogens is 276 g/mol. The summed E-state index contributed by atoms with van der Waals surface area (Å²) in [4.78, 5) is 37.2. The first-order valence-corrected chi connectivity index (χ1v) is 6.42. The number of hydrogen-bond donors (Lipinski definition) is 4. The zero-order chi connectivity index (χ0) is 15.8. The van der Waals surface area contributed by atoms with Gasteiger partial charge in [0.2, 0.25) is 5.91 Å². The molecule has 1 rings (SSSR count). The summed E-state index contributed by atoms with van der Waals surface area (Å²) in [6.45, 7) is 3.91. The molecule has 0 fully saturated rings. The summed E-state index contributed by atoms with van der Waals surface area (Å²) in [6.07, 6.45) is 1.43. The molecular formula is C13H18N4O4. The molecule has 0 saturated carbocycles. The molecule has 0 radical (unpaired) electrons. The Labute approximate surface area is 121 Å². The number of aromatic carboxylic acids is 1. The van der Waals surface area contributed by atoms with Crippen molar-refractivity contribution in [2.75, 3.05) is 11.9 Å². The van der Waals surface area contributed by atoms with E-state index in [1.54, 1.807) is 0 Å². The van der Waals surface area contributed by atoms with Gasteiger partial charge in [-0.15, -0.1) is 0 Å². The van der Waals surface area contributed by atoms with Crippen molar-refractivity contribution < 1.29 is 19.5 Å². The van der Waals surface area contributed by atoms with E-state index in [1.807, 2.05) is 13.8 Å². The molecule has 0 atom stereocenters. The van der Waals surface area contributed by atoms with Gasteiger partial charge < -0.3 is 21.1 Å². The zero-order valence-electron chi connectivity index (χ0n) is 11.8. The van der Waals surface area contributed by atoms with Gasteiger partial charge in [-0.25, -0.2) is 14.6 Å². The minimum Gasteiger partial charge on any atom is -0.477 e. The highest BCUT2D eigenvalue weighted by Gasteiger charge is 2.07. The average molecular weight is 294 g/mol. The molecule has 0 aliphatic carbocycles. The molecule has 21 heavy (non-hydrogen) atoms. The molecule has 8 nitrogen and oxygen atoms in total. The Morgan fingerprint density at radius 3 is 2.52 bits per heavy atom. The summed E-state index contributed by atoms with van der Waals surface area (Å²) in [6, 6.07) is 2.29. The van der Waals surface area contributed by atoms with Crippen LogP contribution in [0, 0.1) is 0 Å². The molecule has 0 aliphatic heterocycles. The number of urea groups is 1. The number of carbonyl (C=O) groups excluding carboxylic acids is 2. The van der Waals surface area contributed by atoms with Crippen LogP contribution in [0.5, 0.6) is 0 Å². The van der Waals surface area contributed by atoms with E-state index in [-0.39, 0.29) is 30.6 Å². The molecule has 1 aromatic rings. The van der Waals surface area contributed by atoms with Crippen LogP contribution in [0.4, 0.5) is 10.5 Å². The van der Waals surface area contributed by atoms with Crippen LogP contribution in [0.2, 0.25) is 0 Å². The van der Waals surface area contributed by atoms with Crippen molar-refractivity contribution in [1.82, 2.24) is 15.6 Å². The number of aromatic nitrogens is 1. The maximum absolute atomic E-state index is 11.5. The number of rotatable bonds is 6. The smallest absolute Gasteiger partial charge is 0.354 e. The molecule has 114 valence electrons. The van der Waals surface area contributed by atoms with Crippen LogP contribution in [-0.2, 0) is 4.79 Å². The summed E-state index contributed by atoms with van der Waals surface area (Å²) >= 11 is 0. The van der Waals surface area contributed by atoms with Gasteiger partial charge in [0.1, 0.15) is 5.69 Å². The fourth-order valence-electron chi connectivity index (χ4n) is 1.45. The maximum Gasteiger partial charge on any atom is 0.354 e. The van der Waals surface area contributed by atoms with Crippen molar-refractivity contribution in [2.24, 2.45) is 0 Å². The predicted molar refractivity (Wildman–Crippen MR) is 76.1 cm³/mol. The molecule has 1 aromatic heterocycles. The summed E-state index contributed by atoms with van der Waals surface area (Å²) < 4.78 is 0. The maximum atomic E-state index is 11.5. The van der Waals surface area contributed by atoms with Crippen molar-refractivity contribution in [1.29, 1.82) is 0 Å². The Morgan fingerprint density at radius 1 is 1.29 bits per heavy atom. The lowest BCUT2D eigenvalue weighted by Gasteiger charge is -2.09. The Kier molecular flexibility index (Phi) is 6.12. The van der Waals surface area contributed by atoms with Gasteiger partial charge in [-0.2, -0.15) is 0 Å². The first kappa shape index (κ1) is 16.4. The SMILES string of the molecule is CC(C)NC(=O)CCNC(=O)Nc1ccc(C(=O)O)nc1. The topological polar surface area (TPSA) is 120 Å². The molecule has 3 amide bonds. The first-order chi connectivity index (χ1) is 9.88. The molecule has 8 heteroatoms. The van der Waals surface area contributed by atoms with Gasteiger partial charge in [-0.1, -0.05) is 0 Å². The third-order valence-corrected chi connectivity index (χ3v) is 2.33. The lowest BCUT2D eigenvalue weighted by atomic mass is 10.3. The second kappa shape index (κ2) is 7.83. The van der Waals surface area contributed by atoms with E-state index in [9.17, 15) is 14.4 Å².